The smallest absolute Gasteiger partial charge is 0.455 e. The summed E-state index contributed by atoms with van der Waals surface area (Å²) >= 11 is 2.09. The van der Waals surface area contributed by atoms with E-state index >= 15 is 0 Å². The largest absolute Gasteiger partial charge is 0.504 e. The monoisotopic (exact) mass is 689 g/mol. The van der Waals surface area contributed by atoms with Crippen LogP contribution in [0.1, 0.15) is 37.3 Å². The predicted molar refractivity (Wildman–Crippen MR) is 175 cm³/mol. The number of ether oxygens (including phenoxy) is 1. The van der Waals surface area contributed by atoms with Gasteiger partial charge in [0.2, 0.25) is 11.8 Å². The summed E-state index contributed by atoms with van der Waals surface area (Å²) < 4.78 is 12.2. The molecule has 2 N–H and O–H groups in total. The number of anilines is 1. The van der Waals surface area contributed by atoms with Crippen molar-refractivity contribution in [3.63, 3.8) is 0 Å². The molecule has 0 unspecified atom stereocenters. The third-order valence-electron chi connectivity index (χ3n) is 8.90. The van der Waals surface area contributed by atoms with Crippen LogP contribution in [0.15, 0.2) is 83.9 Å². The molecule has 6 rings (SSSR count). The molecule has 7 nitrogen and oxygen atoms in total. The highest BCUT2D eigenvalue weighted by Crippen LogP contribution is 2.51. The third-order valence-corrected chi connectivity index (χ3v) is 9.72. The van der Waals surface area contributed by atoms with Crippen molar-refractivity contribution in [2.75, 3.05) is 12.0 Å². The average Bonchev–Trinajstić information content (AvgIpc) is 3.26. The molecule has 3 aromatic rings. The fourth-order valence-electron chi connectivity index (χ4n) is 7.02. The Morgan fingerprint density at radius 1 is 1.07 bits per heavy atom. The van der Waals surface area contributed by atoms with Gasteiger partial charge in [-0.3, -0.25) is 14.5 Å². The van der Waals surface area contributed by atoms with Gasteiger partial charge in [0.15, 0.2) is 11.5 Å². The topological polar surface area (TPSA) is 96.3 Å². The number of phenols is 1. The van der Waals surface area contributed by atoms with E-state index in [4.69, 9.17) is 9.39 Å². The standard InChI is InChI=1S/C34H33BINO6/c1-20-15-25-31(34(40)37(33(25)39)24-11-7-4-8-12-24)26-19-35(41)43-28(30(20)26)14-13-23(22-9-5-3-6-10-22)16-21-17-27(36)32(38)29(18-21)42-2/h3-12,16-18,25-26,28,31,38,41H,13-15,19H2,1-2H3/b23-16-/t25-,26+,28-,31-/m1/s1. The lowest BCUT2D eigenvalue weighted by Crippen LogP contribution is -2.46. The van der Waals surface area contributed by atoms with E-state index < -0.39 is 19.0 Å². The number of allylic oxidation sites excluding steroid dienone is 2. The number of benzene rings is 3. The van der Waals surface area contributed by atoms with Crippen molar-refractivity contribution in [2.45, 2.75) is 38.6 Å². The minimum absolute atomic E-state index is 0.112. The zero-order chi connectivity index (χ0) is 30.2. The van der Waals surface area contributed by atoms with Gasteiger partial charge in [-0.05, 0) is 108 Å². The van der Waals surface area contributed by atoms with Crippen LogP contribution >= 0.6 is 22.6 Å². The maximum atomic E-state index is 13.8. The van der Waals surface area contributed by atoms with Gasteiger partial charge >= 0.3 is 7.12 Å². The molecule has 220 valence electrons. The van der Waals surface area contributed by atoms with Gasteiger partial charge in [0.05, 0.1) is 34.3 Å². The first-order valence-corrected chi connectivity index (χ1v) is 15.6. The van der Waals surface area contributed by atoms with E-state index in [0.717, 1.165) is 27.8 Å². The van der Waals surface area contributed by atoms with Crippen LogP contribution in [0.5, 0.6) is 11.5 Å². The summed E-state index contributed by atoms with van der Waals surface area (Å²) in [6, 6.07) is 22.9. The molecule has 3 aromatic carbocycles. The van der Waals surface area contributed by atoms with Crippen LogP contribution in [0.2, 0.25) is 6.32 Å². The van der Waals surface area contributed by atoms with E-state index in [1.165, 1.54) is 12.0 Å². The fourth-order valence-corrected chi connectivity index (χ4v) is 7.65. The number of halogens is 1. The molecule has 0 bridgehead atoms. The number of methoxy groups -OCH3 is 1. The normalized spacial score (nSPS) is 23.9. The van der Waals surface area contributed by atoms with Gasteiger partial charge in [-0.15, -0.1) is 0 Å². The minimum Gasteiger partial charge on any atom is -0.504 e. The Morgan fingerprint density at radius 2 is 1.77 bits per heavy atom. The number of para-hydroxylation sites is 1. The molecule has 0 saturated carbocycles. The number of fused-ring (bicyclic) bond motifs is 3. The molecule has 3 aliphatic rings. The number of nitrogens with zero attached hydrogens (tertiary/aromatic N) is 1. The molecular formula is C34H33BINO6. The van der Waals surface area contributed by atoms with Gasteiger partial charge in [0.25, 0.3) is 0 Å². The molecule has 9 heteroatoms. The Hall–Kier alpha value is -3.41. The van der Waals surface area contributed by atoms with Crippen molar-refractivity contribution in [1.29, 1.82) is 0 Å². The lowest BCUT2D eigenvalue weighted by Gasteiger charge is -2.42. The first kappa shape index (κ1) is 29.7. The molecular weight excluding hydrogens is 656 g/mol. The summed E-state index contributed by atoms with van der Waals surface area (Å²) in [5.74, 6) is -1.03. The number of amides is 2. The lowest BCUT2D eigenvalue weighted by atomic mass is 9.58. The molecule has 0 spiro atoms. The fraction of sp³-hybridized carbons (Fsp3) is 0.294. The number of phenolic OH excluding ortho intramolecular Hbond substituents is 1. The Balaban J connectivity index is 1.30. The number of hydrogen-bond donors (Lipinski definition) is 2. The van der Waals surface area contributed by atoms with Gasteiger partial charge in [-0.25, -0.2) is 0 Å². The Labute approximate surface area is 265 Å². The number of carbonyl (C=O) groups excluding carboxylic acids is 2. The van der Waals surface area contributed by atoms with Gasteiger partial charge in [0.1, 0.15) is 0 Å². The SMILES string of the molecule is COc1cc(/C=C(/CC[C@H]2OB(O)C[C@H]3C2=C(C)C[C@H]2C(=O)N(c4ccccc4)C(=O)[C@H]23)c2ccccc2)cc(I)c1O. The van der Waals surface area contributed by atoms with Crippen LogP contribution < -0.4 is 9.64 Å². The highest BCUT2D eigenvalue weighted by Gasteiger charge is 2.57. The minimum atomic E-state index is -1.02. The molecule has 2 amide bonds. The Bertz CT molecular complexity index is 1610. The van der Waals surface area contributed by atoms with Crippen molar-refractivity contribution in [3.8, 4) is 11.5 Å². The van der Waals surface area contributed by atoms with Crippen LogP contribution in [-0.4, -0.2) is 42.3 Å². The second-order valence-electron chi connectivity index (χ2n) is 11.5. The highest BCUT2D eigenvalue weighted by atomic mass is 127. The van der Waals surface area contributed by atoms with Crippen molar-refractivity contribution >= 4 is 58.9 Å². The second kappa shape index (κ2) is 12.3. The first-order chi connectivity index (χ1) is 20.8. The van der Waals surface area contributed by atoms with Crippen molar-refractivity contribution < 1.29 is 29.1 Å². The number of imide groups is 1. The van der Waals surface area contributed by atoms with Gasteiger partial charge in [-0.1, -0.05) is 60.2 Å². The zero-order valence-corrected chi connectivity index (χ0v) is 26.2. The molecule has 1 aliphatic carbocycles. The summed E-state index contributed by atoms with van der Waals surface area (Å²) in [6.45, 7) is 2.04. The summed E-state index contributed by atoms with van der Waals surface area (Å²) in [5.41, 5.74) is 5.74. The van der Waals surface area contributed by atoms with Crippen molar-refractivity contribution in [2.24, 2.45) is 17.8 Å². The maximum Gasteiger partial charge on any atom is 0.455 e. The van der Waals surface area contributed by atoms with E-state index in [9.17, 15) is 19.7 Å². The van der Waals surface area contributed by atoms with E-state index in [2.05, 4.69) is 40.8 Å². The predicted octanol–water partition coefficient (Wildman–Crippen LogP) is 6.35. The molecule has 0 aromatic heterocycles. The number of carbonyl (C=O) groups is 2. The van der Waals surface area contributed by atoms with Crippen LogP contribution in [-0.2, 0) is 14.2 Å². The van der Waals surface area contributed by atoms with Gasteiger partial charge < -0.3 is 19.5 Å². The number of rotatable bonds is 7. The Morgan fingerprint density at radius 3 is 2.47 bits per heavy atom. The average molecular weight is 689 g/mol. The molecule has 2 aliphatic heterocycles. The third kappa shape index (κ3) is 5.66. The summed E-state index contributed by atoms with van der Waals surface area (Å²) in [6.07, 6.45) is 3.74. The van der Waals surface area contributed by atoms with Gasteiger partial charge in [0, 0.05) is 0 Å². The molecule has 2 saturated heterocycles. The van der Waals surface area contributed by atoms with Gasteiger partial charge in [-0.2, -0.15) is 0 Å². The summed E-state index contributed by atoms with van der Waals surface area (Å²) in [5, 5.41) is 21.2. The second-order valence-corrected chi connectivity index (χ2v) is 12.6. The van der Waals surface area contributed by atoms with E-state index in [-0.39, 0.29) is 29.6 Å². The summed E-state index contributed by atoms with van der Waals surface area (Å²) in [7, 11) is 0.511. The quantitative estimate of drug-likeness (QED) is 0.0988. The molecule has 2 fully saturated rings. The summed E-state index contributed by atoms with van der Waals surface area (Å²) in [4.78, 5) is 28.7. The number of aromatic hydroxyl groups is 1. The Kier molecular flexibility index (Phi) is 8.48. The lowest BCUT2D eigenvalue weighted by molar-refractivity contribution is -0.122. The number of hydrogen-bond acceptors (Lipinski definition) is 6. The maximum absolute atomic E-state index is 13.8. The van der Waals surface area contributed by atoms with E-state index in [1.54, 1.807) is 12.1 Å². The highest BCUT2D eigenvalue weighted by molar-refractivity contribution is 14.1. The van der Waals surface area contributed by atoms with Crippen molar-refractivity contribution in [3.05, 3.63) is 98.6 Å². The molecule has 0 radical (unpaired) electrons. The van der Waals surface area contributed by atoms with E-state index in [0.29, 0.717) is 40.6 Å². The molecule has 2 heterocycles. The van der Waals surface area contributed by atoms with Crippen LogP contribution in [0, 0.1) is 21.3 Å². The van der Waals surface area contributed by atoms with E-state index in [1.807, 2.05) is 55.5 Å². The zero-order valence-electron chi connectivity index (χ0n) is 24.1. The van der Waals surface area contributed by atoms with Crippen LogP contribution in [0.25, 0.3) is 11.6 Å². The molecule has 4 atom stereocenters. The first-order valence-electron chi connectivity index (χ1n) is 14.5. The van der Waals surface area contributed by atoms with Crippen molar-refractivity contribution in [1.82, 2.24) is 0 Å². The molecule has 43 heavy (non-hydrogen) atoms. The van der Waals surface area contributed by atoms with Crippen LogP contribution in [0.3, 0.4) is 0 Å². The van der Waals surface area contributed by atoms with Crippen LogP contribution in [0.4, 0.5) is 5.69 Å².